The number of carbonyl (C=O) groups excluding carboxylic acids is 1. The van der Waals surface area contributed by atoms with Gasteiger partial charge in [-0.25, -0.2) is 8.42 Å². The number of amides is 1. The number of fused-ring (bicyclic) bond motifs is 1. The fourth-order valence-corrected chi connectivity index (χ4v) is 4.53. The number of methoxy groups -OCH3 is 1. The summed E-state index contributed by atoms with van der Waals surface area (Å²) in [6.07, 6.45) is 2.04. The van der Waals surface area contributed by atoms with Crippen LogP contribution in [0.2, 0.25) is 0 Å². The summed E-state index contributed by atoms with van der Waals surface area (Å²) in [5.74, 6) is 0.0941. The Hall–Kier alpha value is -2.98. The van der Waals surface area contributed by atoms with Gasteiger partial charge >= 0.3 is 6.61 Å². The topological polar surface area (TPSA) is 84.9 Å². The first-order chi connectivity index (χ1) is 14.7. The number of nitrogens with one attached hydrogen (secondary N) is 1. The van der Waals surface area contributed by atoms with Crippen molar-refractivity contribution < 1.29 is 31.5 Å². The Bertz CT molecular complexity index is 1100. The summed E-state index contributed by atoms with van der Waals surface area (Å²) in [5.41, 5.74) is 1.82. The number of likely N-dealkylation sites (N-methyl/N-ethyl adjacent to an activating group) is 1. The average Bonchev–Trinajstić information content (AvgIpc) is 2.72. The number of rotatable bonds is 8. The molecule has 1 N–H and O–H groups in total. The number of sulfonamides is 1. The van der Waals surface area contributed by atoms with Gasteiger partial charge in [0.15, 0.2) is 0 Å². The van der Waals surface area contributed by atoms with Crippen LogP contribution in [0.4, 0.5) is 14.5 Å². The number of aryl methyl sites for hydroxylation is 1. The normalized spacial score (nSPS) is 13.5. The second-order valence-electron chi connectivity index (χ2n) is 6.89. The predicted octanol–water partition coefficient (Wildman–Crippen LogP) is 3.48. The van der Waals surface area contributed by atoms with E-state index in [1.54, 1.807) is 24.3 Å². The third-order valence-electron chi connectivity index (χ3n) is 4.76. The Morgan fingerprint density at radius 3 is 2.65 bits per heavy atom. The van der Waals surface area contributed by atoms with Crippen molar-refractivity contribution in [2.75, 3.05) is 26.0 Å². The number of hydrogen-bond acceptors (Lipinski definition) is 5. The minimum absolute atomic E-state index is 0.0276. The maximum Gasteiger partial charge on any atom is 0.387 e. The number of hydrogen-bond donors (Lipinski definition) is 1. The summed E-state index contributed by atoms with van der Waals surface area (Å²) in [6, 6.07) is 11.1. The number of ether oxygens (including phenoxy) is 2. The van der Waals surface area contributed by atoms with Gasteiger partial charge in [0, 0.05) is 18.8 Å². The zero-order valence-electron chi connectivity index (χ0n) is 17.0. The van der Waals surface area contributed by atoms with Gasteiger partial charge < -0.3 is 14.8 Å². The molecule has 2 aromatic rings. The molecule has 10 heteroatoms. The molecule has 1 aliphatic rings. The van der Waals surface area contributed by atoms with Gasteiger partial charge in [-0.05, 0) is 54.3 Å². The molecule has 0 aliphatic heterocycles. The number of nitrogens with zero attached hydrogens (tertiary/aromatic N) is 1. The summed E-state index contributed by atoms with van der Waals surface area (Å²) >= 11 is 0. The molecule has 3 rings (SSSR count). The van der Waals surface area contributed by atoms with Crippen molar-refractivity contribution in [3.8, 4) is 11.5 Å². The van der Waals surface area contributed by atoms with Gasteiger partial charge in [0.2, 0.25) is 15.9 Å². The zero-order valence-corrected chi connectivity index (χ0v) is 17.8. The van der Waals surface area contributed by atoms with E-state index in [4.69, 9.17) is 4.74 Å². The Morgan fingerprint density at radius 2 is 1.94 bits per heavy atom. The lowest BCUT2D eigenvalue weighted by Gasteiger charge is -2.22. The average molecular weight is 452 g/mol. The quantitative estimate of drug-likeness (QED) is 0.663. The Balaban J connectivity index is 1.70. The van der Waals surface area contributed by atoms with E-state index in [0.717, 1.165) is 9.87 Å². The van der Waals surface area contributed by atoms with E-state index in [1.165, 1.54) is 38.4 Å². The first-order valence-corrected chi connectivity index (χ1v) is 10.8. The predicted molar refractivity (Wildman–Crippen MR) is 113 cm³/mol. The lowest BCUT2D eigenvalue weighted by atomic mass is 9.97. The van der Waals surface area contributed by atoms with E-state index in [9.17, 15) is 22.0 Å². The van der Waals surface area contributed by atoms with Gasteiger partial charge in [0.25, 0.3) is 0 Å². The van der Waals surface area contributed by atoms with Crippen LogP contribution < -0.4 is 14.8 Å². The van der Waals surface area contributed by atoms with Gasteiger partial charge in [-0.15, -0.1) is 0 Å². The van der Waals surface area contributed by atoms with Gasteiger partial charge in [0.05, 0.1) is 18.6 Å². The zero-order chi connectivity index (χ0) is 22.6. The molecule has 0 atom stereocenters. The molecule has 166 valence electrons. The first-order valence-electron chi connectivity index (χ1n) is 9.37. The first kappa shape index (κ1) is 22.7. The van der Waals surface area contributed by atoms with Crippen molar-refractivity contribution in [2.24, 2.45) is 0 Å². The molecule has 0 unspecified atom stereocenters. The van der Waals surface area contributed by atoms with Crippen LogP contribution in [0.1, 0.15) is 17.5 Å². The van der Waals surface area contributed by atoms with Crippen LogP contribution >= 0.6 is 0 Å². The summed E-state index contributed by atoms with van der Waals surface area (Å²) < 4.78 is 61.1. The molecule has 0 spiro atoms. The van der Waals surface area contributed by atoms with Gasteiger partial charge in [-0.1, -0.05) is 12.1 Å². The Labute approximate surface area is 179 Å². The number of anilines is 1. The fraction of sp³-hybridized carbons (Fsp3) is 0.286. The number of benzene rings is 2. The molecule has 0 radical (unpaired) electrons. The van der Waals surface area contributed by atoms with Crippen molar-refractivity contribution in [1.82, 2.24) is 4.31 Å². The Morgan fingerprint density at radius 1 is 1.16 bits per heavy atom. The number of alkyl halides is 2. The van der Waals surface area contributed by atoms with Crippen LogP contribution in [0.15, 0.2) is 47.4 Å². The van der Waals surface area contributed by atoms with Gasteiger partial charge in [0.1, 0.15) is 11.5 Å². The highest BCUT2D eigenvalue weighted by Gasteiger charge is 2.28. The van der Waals surface area contributed by atoms with Gasteiger partial charge in [-0.3, -0.25) is 4.79 Å². The number of halogens is 2. The van der Waals surface area contributed by atoms with Crippen molar-refractivity contribution in [3.05, 3.63) is 58.5 Å². The molecule has 1 aliphatic carbocycles. The molecule has 1 amide bonds. The standard InChI is InChI=1S/C21H22F2N2O5S/c1-25(13-20(26)24-16-4-3-5-17(12-16)29-2)31(27,28)19-9-7-14-10-18(30-21(22)23)8-6-15(14)11-19/h3-6,8,10-12,21H,7,9,13H2,1-2H3,(H,24,26). The summed E-state index contributed by atoms with van der Waals surface area (Å²) in [7, 11) is -1.04. The van der Waals surface area contributed by atoms with Crippen molar-refractivity contribution in [1.29, 1.82) is 0 Å². The molecule has 0 heterocycles. The third-order valence-corrected chi connectivity index (χ3v) is 6.69. The highest BCUT2D eigenvalue weighted by molar-refractivity contribution is 7.93. The van der Waals surface area contributed by atoms with Crippen LogP contribution in [-0.2, 0) is 21.2 Å². The van der Waals surface area contributed by atoms with E-state index < -0.39 is 22.5 Å². The second kappa shape index (κ2) is 9.44. The molecule has 0 saturated carbocycles. The monoisotopic (exact) mass is 452 g/mol. The molecule has 31 heavy (non-hydrogen) atoms. The molecule has 0 bridgehead atoms. The lowest BCUT2D eigenvalue weighted by molar-refractivity contribution is -0.116. The highest BCUT2D eigenvalue weighted by atomic mass is 32.2. The van der Waals surface area contributed by atoms with E-state index in [0.29, 0.717) is 23.4 Å². The van der Waals surface area contributed by atoms with E-state index in [1.807, 2.05) is 0 Å². The molecule has 0 saturated heterocycles. The lowest BCUT2D eigenvalue weighted by Crippen LogP contribution is -2.36. The summed E-state index contributed by atoms with van der Waals surface area (Å²) in [4.78, 5) is 12.5. The largest absolute Gasteiger partial charge is 0.497 e. The van der Waals surface area contributed by atoms with Crippen LogP contribution in [0, 0.1) is 0 Å². The number of carbonyl (C=O) groups is 1. The molecular formula is C21H22F2N2O5S. The van der Waals surface area contributed by atoms with E-state index >= 15 is 0 Å². The minimum atomic E-state index is -3.88. The molecule has 0 aromatic heterocycles. The van der Waals surface area contributed by atoms with Crippen molar-refractivity contribution >= 4 is 27.7 Å². The third kappa shape index (κ3) is 5.59. The smallest absolute Gasteiger partial charge is 0.387 e. The van der Waals surface area contributed by atoms with E-state index in [-0.39, 0.29) is 23.6 Å². The van der Waals surface area contributed by atoms with Crippen molar-refractivity contribution in [2.45, 2.75) is 19.5 Å². The maximum absolute atomic E-state index is 12.9. The molecular weight excluding hydrogens is 430 g/mol. The highest BCUT2D eigenvalue weighted by Crippen LogP contribution is 2.31. The number of allylic oxidation sites excluding steroid dienone is 1. The van der Waals surface area contributed by atoms with Crippen LogP contribution in [0.3, 0.4) is 0 Å². The fourth-order valence-electron chi connectivity index (χ4n) is 3.21. The minimum Gasteiger partial charge on any atom is -0.497 e. The van der Waals surface area contributed by atoms with E-state index in [2.05, 4.69) is 10.1 Å². The molecule has 2 aromatic carbocycles. The summed E-state index contributed by atoms with van der Waals surface area (Å²) in [5, 5.41) is 2.64. The van der Waals surface area contributed by atoms with Crippen LogP contribution in [-0.4, -0.2) is 45.9 Å². The van der Waals surface area contributed by atoms with Crippen LogP contribution in [0.25, 0.3) is 6.08 Å². The Kier molecular flexibility index (Phi) is 6.91. The SMILES string of the molecule is COc1cccc(NC(=O)CN(C)S(=O)(=O)C2=Cc3ccc(OC(F)F)cc3CC2)c1. The molecule has 7 nitrogen and oxygen atoms in total. The van der Waals surface area contributed by atoms with Crippen LogP contribution in [0.5, 0.6) is 11.5 Å². The maximum atomic E-state index is 12.9. The van der Waals surface area contributed by atoms with Crippen molar-refractivity contribution in [3.63, 3.8) is 0 Å². The second-order valence-corrected chi connectivity index (χ2v) is 8.99. The molecule has 0 fully saturated rings. The van der Waals surface area contributed by atoms with Gasteiger partial charge in [-0.2, -0.15) is 13.1 Å². The summed E-state index contributed by atoms with van der Waals surface area (Å²) in [6.45, 7) is -3.30.